The van der Waals surface area contributed by atoms with E-state index in [1.54, 1.807) is 46.6 Å². The molecule has 4 nitrogen and oxygen atoms in total. The molecular formula is C20H16FNO3S. The lowest BCUT2D eigenvalue weighted by molar-refractivity contribution is 0.0981. The molecule has 0 saturated carbocycles. The highest BCUT2D eigenvalue weighted by molar-refractivity contribution is 7.09. The molecule has 2 heterocycles. The standard InChI is InChI=1S/C20H16FNO3S/c21-17-6-2-1-5-16(17)20(23)22(13-15-4-3-11-26-15)14-7-8-18-19(12-14)25-10-9-24-18/h1-8,11-12H,9-10,13H2. The molecule has 0 bridgehead atoms. The van der Waals surface area contributed by atoms with Gasteiger partial charge in [-0.3, -0.25) is 4.79 Å². The first-order valence-corrected chi connectivity index (χ1v) is 9.09. The number of benzene rings is 2. The van der Waals surface area contributed by atoms with E-state index in [-0.39, 0.29) is 5.56 Å². The molecule has 0 spiro atoms. The average Bonchev–Trinajstić information content (AvgIpc) is 3.19. The van der Waals surface area contributed by atoms with Crippen LogP contribution in [0.3, 0.4) is 0 Å². The van der Waals surface area contributed by atoms with Crippen molar-refractivity contribution in [2.24, 2.45) is 0 Å². The molecule has 1 aliphatic rings. The van der Waals surface area contributed by atoms with Gasteiger partial charge in [0.25, 0.3) is 5.91 Å². The summed E-state index contributed by atoms with van der Waals surface area (Å²) in [7, 11) is 0. The number of carbonyl (C=O) groups excluding carboxylic acids is 1. The largest absolute Gasteiger partial charge is 0.486 e. The first-order valence-electron chi connectivity index (χ1n) is 8.21. The summed E-state index contributed by atoms with van der Waals surface area (Å²) in [6.07, 6.45) is 0. The summed E-state index contributed by atoms with van der Waals surface area (Å²) in [5.41, 5.74) is 0.676. The molecule has 132 valence electrons. The Morgan fingerprint density at radius 2 is 1.85 bits per heavy atom. The lowest BCUT2D eigenvalue weighted by atomic mass is 10.1. The van der Waals surface area contributed by atoms with Crippen LogP contribution in [-0.4, -0.2) is 19.1 Å². The van der Waals surface area contributed by atoms with Crippen molar-refractivity contribution < 1.29 is 18.7 Å². The summed E-state index contributed by atoms with van der Waals surface area (Å²) in [5.74, 6) is 0.306. The second kappa shape index (κ2) is 7.17. The highest BCUT2D eigenvalue weighted by atomic mass is 32.1. The number of rotatable bonds is 4. The molecule has 0 aliphatic carbocycles. The highest BCUT2D eigenvalue weighted by Gasteiger charge is 2.23. The number of nitrogens with zero attached hydrogens (tertiary/aromatic N) is 1. The summed E-state index contributed by atoms with van der Waals surface area (Å²) >= 11 is 1.55. The minimum atomic E-state index is -0.536. The van der Waals surface area contributed by atoms with Gasteiger partial charge in [0.05, 0.1) is 12.1 Å². The maximum atomic E-state index is 14.2. The molecule has 0 N–H and O–H groups in total. The molecule has 1 aliphatic heterocycles. The zero-order valence-electron chi connectivity index (χ0n) is 13.9. The van der Waals surface area contributed by atoms with E-state index in [1.807, 2.05) is 17.5 Å². The Balaban J connectivity index is 1.73. The molecule has 2 aromatic carbocycles. The molecule has 1 amide bonds. The second-order valence-corrected chi connectivity index (χ2v) is 6.81. The molecule has 3 aromatic rings. The topological polar surface area (TPSA) is 38.8 Å². The maximum Gasteiger partial charge on any atom is 0.261 e. The molecule has 0 unspecified atom stereocenters. The molecule has 1 aromatic heterocycles. The number of carbonyl (C=O) groups is 1. The predicted octanol–water partition coefficient (Wildman–Crippen LogP) is 4.51. The lowest BCUT2D eigenvalue weighted by Gasteiger charge is -2.25. The molecule has 0 radical (unpaired) electrons. The molecule has 26 heavy (non-hydrogen) atoms. The van der Waals surface area contributed by atoms with Gasteiger partial charge in [-0.05, 0) is 35.7 Å². The number of hydrogen-bond acceptors (Lipinski definition) is 4. The number of fused-ring (bicyclic) bond motifs is 1. The first kappa shape index (κ1) is 16.6. The third-order valence-corrected chi connectivity index (χ3v) is 4.94. The van der Waals surface area contributed by atoms with Gasteiger partial charge in [-0.2, -0.15) is 0 Å². The SMILES string of the molecule is O=C(c1ccccc1F)N(Cc1cccs1)c1ccc2c(c1)OCCO2. The average molecular weight is 369 g/mol. The summed E-state index contributed by atoms with van der Waals surface area (Å²) in [6.45, 7) is 1.31. The Hall–Kier alpha value is -2.86. The van der Waals surface area contributed by atoms with E-state index in [0.717, 1.165) is 4.88 Å². The smallest absolute Gasteiger partial charge is 0.261 e. The summed E-state index contributed by atoms with van der Waals surface area (Å²) in [6, 6.07) is 15.2. The van der Waals surface area contributed by atoms with Gasteiger partial charge in [0.1, 0.15) is 19.0 Å². The molecule has 4 rings (SSSR count). The number of amides is 1. The first-order chi connectivity index (χ1) is 12.7. The predicted molar refractivity (Wildman–Crippen MR) is 98.7 cm³/mol. The van der Waals surface area contributed by atoms with E-state index in [2.05, 4.69) is 0 Å². The van der Waals surface area contributed by atoms with Crippen LogP contribution >= 0.6 is 11.3 Å². The number of hydrogen-bond donors (Lipinski definition) is 0. The van der Waals surface area contributed by atoms with E-state index >= 15 is 0 Å². The van der Waals surface area contributed by atoms with Gasteiger partial charge in [-0.15, -0.1) is 11.3 Å². The van der Waals surface area contributed by atoms with Crippen molar-refractivity contribution in [1.82, 2.24) is 0 Å². The van der Waals surface area contributed by atoms with E-state index in [4.69, 9.17) is 9.47 Å². The quantitative estimate of drug-likeness (QED) is 0.679. The normalized spacial score (nSPS) is 12.7. The Kier molecular flexibility index (Phi) is 4.58. The van der Waals surface area contributed by atoms with Crippen molar-refractivity contribution in [3.8, 4) is 11.5 Å². The van der Waals surface area contributed by atoms with Crippen molar-refractivity contribution >= 4 is 22.9 Å². The van der Waals surface area contributed by atoms with Gasteiger partial charge in [0, 0.05) is 16.6 Å². The van der Waals surface area contributed by atoms with Crippen LogP contribution in [0.2, 0.25) is 0 Å². The summed E-state index contributed by atoms with van der Waals surface area (Å²) in [4.78, 5) is 15.6. The van der Waals surface area contributed by atoms with Gasteiger partial charge < -0.3 is 14.4 Å². The number of ether oxygens (including phenoxy) is 2. The zero-order chi connectivity index (χ0) is 17.9. The van der Waals surface area contributed by atoms with Crippen LogP contribution in [0.15, 0.2) is 60.0 Å². The number of halogens is 1. The Morgan fingerprint density at radius 3 is 2.62 bits per heavy atom. The van der Waals surface area contributed by atoms with Crippen molar-refractivity contribution in [3.05, 3.63) is 76.2 Å². The van der Waals surface area contributed by atoms with E-state index in [9.17, 15) is 9.18 Å². The van der Waals surface area contributed by atoms with E-state index in [0.29, 0.717) is 36.9 Å². The van der Waals surface area contributed by atoms with Crippen LogP contribution in [0.25, 0.3) is 0 Å². The van der Waals surface area contributed by atoms with Crippen LogP contribution in [0.4, 0.5) is 10.1 Å². The third kappa shape index (κ3) is 3.28. The van der Waals surface area contributed by atoms with Crippen molar-refractivity contribution in [2.45, 2.75) is 6.54 Å². The Bertz CT molecular complexity index is 927. The number of anilines is 1. The number of thiophene rings is 1. The third-order valence-electron chi connectivity index (χ3n) is 4.08. The van der Waals surface area contributed by atoms with Gasteiger partial charge in [-0.1, -0.05) is 18.2 Å². The van der Waals surface area contributed by atoms with Crippen LogP contribution in [0, 0.1) is 5.82 Å². The van der Waals surface area contributed by atoms with Crippen LogP contribution < -0.4 is 14.4 Å². The van der Waals surface area contributed by atoms with Crippen molar-refractivity contribution in [1.29, 1.82) is 0 Å². The highest BCUT2D eigenvalue weighted by Crippen LogP contribution is 2.35. The summed E-state index contributed by atoms with van der Waals surface area (Å²) in [5, 5.41) is 1.95. The lowest BCUT2D eigenvalue weighted by Crippen LogP contribution is -2.31. The molecular weight excluding hydrogens is 353 g/mol. The van der Waals surface area contributed by atoms with Crippen LogP contribution in [0.1, 0.15) is 15.2 Å². The monoisotopic (exact) mass is 369 g/mol. The Morgan fingerprint density at radius 1 is 1.04 bits per heavy atom. The van der Waals surface area contributed by atoms with Crippen LogP contribution in [0.5, 0.6) is 11.5 Å². The van der Waals surface area contributed by atoms with Gasteiger partial charge in [0.2, 0.25) is 0 Å². The fourth-order valence-corrected chi connectivity index (χ4v) is 3.51. The molecule has 0 atom stereocenters. The summed E-state index contributed by atoms with van der Waals surface area (Å²) < 4.78 is 25.3. The second-order valence-electron chi connectivity index (χ2n) is 5.78. The van der Waals surface area contributed by atoms with E-state index < -0.39 is 11.7 Å². The molecule has 0 saturated heterocycles. The minimum absolute atomic E-state index is 0.0407. The van der Waals surface area contributed by atoms with Gasteiger partial charge in [0.15, 0.2) is 11.5 Å². The molecule has 0 fully saturated rings. The van der Waals surface area contributed by atoms with Crippen molar-refractivity contribution in [3.63, 3.8) is 0 Å². The molecule has 6 heteroatoms. The van der Waals surface area contributed by atoms with Crippen LogP contribution in [-0.2, 0) is 6.54 Å². The fourth-order valence-electron chi connectivity index (χ4n) is 2.82. The Labute approximate surface area is 154 Å². The van der Waals surface area contributed by atoms with Gasteiger partial charge >= 0.3 is 0 Å². The van der Waals surface area contributed by atoms with E-state index in [1.165, 1.54) is 12.1 Å². The maximum absolute atomic E-state index is 14.2. The van der Waals surface area contributed by atoms with Crippen molar-refractivity contribution in [2.75, 3.05) is 18.1 Å². The minimum Gasteiger partial charge on any atom is -0.486 e. The zero-order valence-corrected chi connectivity index (χ0v) is 14.7. The fraction of sp³-hybridized carbons (Fsp3) is 0.150. The van der Waals surface area contributed by atoms with Gasteiger partial charge in [-0.25, -0.2) is 4.39 Å².